The summed E-state index contributed by atoms with van der Waals surface area (Å²) in [7, 11) is 3.09. The molecule has 0 radical (unpaired) electrons. The van der Waals surface area contributed by atoms with E-state index in [2.05, 4.69) is 11.6 Å². The van der Waals surface area contributed by atoms with Crippen molar-refractivity contribution in [2.75, 3.05) is 20.0 Å². The molecule has 0 N–H and O–H groups in total. The van der Waals surface area contributed by atoms with Gasteiger partial charge in [-0.15, -0.1) is 17.9 Å². The summed E-state index contributed by atoms with van der Waals surface area (Å²) >= 11 is 2.96. The van der Waals surface area contributed by atoms with E-state index in [-0.39, 0.29) is 17.1 Å². The first-order valence-corrected chi connectivity index (χ1v) is 11.9. The van der Waals surface area contributed by atoms with Crippen molar-refractivity contribution in [2.24, 2.45) is 0 Å². The zero-order valence-electron chi connectivity index (χ0n) is 17.6. The van der Waals surface area contributed by atoms with Crippen molar-refractivity contribution in [2.45, 2.75) is 37.4 Å². The number of nitrogens with zero attached hydrogens (tertiary/aromatic N) is 2. The van der Waals surface area contributed by atoms with Crippen LogP contribution in [-0.2, 0) is 19.4 Å². The number of aromatic nitrogens is 2. The van der Waals surface area contributed by atoms with Gasteiger partial charge >= 0.3 is 0 Å². The summed E-state index contributed by atoms with van der Waals surface area (Å²) in [5.41, 5.74) is 1.49. The lowest BCUT2D eigenvalue weighted by Gasteiger charge is -2.12. The van der Waals surface area contributed by atoms with Crippen LogP contribution in [0.1, 0.15) is 33.6 Å². The number of benzene rings is 1. The van der Waals surface area contributed by atoms with E-state index in [1.54, 1.807) is 42.7 Å². The predicted molar refractivity (Wildman–Crippen MR) is 125 cm³/mol. The molecule has 1 aliphatic carbocycles. The van der Waals surface area contributed by atoms with Gasteiger partial charge in [0.15, 0.2) is 22.4 Å². The van der Waals surface area contributed by atoms with E-state index in [1.807, 2.05) is 4.57 Å². The van der Waals surface area contributed by atoms with Crippen LogP contribution in [0.4, 0.5) is 0 Å². The number of carbonyl (C=O) groups is 1. The van der Waals surface area contributed by atoms with Gasteiger partial charge in [0, 0.05) is 17.0 Å². The predicted octanol–water partition coefficient (Wildman–Crippen LogP) is 4.52. The summed E-state index contributed by atoms with van der Waals surface area (Å²) in [5, 5.41) is 1.29. The van der Waals surface area contributed by atoms with Crippen molar-refractivity contribution >= 4 is 39.1 Å². The standard InChI is InChI=1S/C23H24N2O4S2/c1-4-11-25-22-20(15-7-5-6-8-19(15)31-22)21(27)24-23(25)30-13-16(26)14-9-10-17(28-2)18(12-14)29-3/h4,9-10,12H,1,5-8,11,13H2,2-3H3. The van der Waals surface area contributed by atoms with E-state index in [9.17, 15) is 9.59 Å². The summed E-state index contributed by atoms with van der Waals surface area (Å²) in [6.45, 7) is 4.40. The second-order valence-electron chi connectivity index (χ2n) is 7.27. The molecule has 0 bridgehead atoms. The number of carbonyl (C=O) groups excluding carboxylic acids is 1. The van der Waals surface area contributed by atoms with Gasteiger partial charge in [0.25, 0.3) is 5.56 Å². The third kappa shape index (κ3) is 4.14. The van der Waals surface area contributed by atoms with Crippen LogP contribution >= 0.6 is 23.1 Å². The molecule has 0 atom stereocenters. The number of ether oxygens (including phenoxy) is 2. The maximum atomic E-state index is 12.9. The van der Waals surface area contributed by atoms with Gasteiger partial charge in [-0.05, 0) is 49.4 Å². The lowest BCUT2D eigenvalue weighted by Crippen LogP contribution is -2.17. The van der Waals surface area contributed by atoms with Crippen molar-refractivity contribution in [3.8, 4) is 11.5 Å². The molecule has 2 heterocycles. The Bertz CT molecular complexity index is 1210. The summed E-state index contributed by atoms with van der Waals surface area (Å²) in [4.78, 5) is 32.3. The largest absolute Gasteiger partial charge is 0.493 e. The quantitative estimate of drug-likeness (QED) is 0.215. The first kappa shape index (κ1) is 21.6. The highest BCUT2D eigenvalue weighted by Gasteiger charge is 2.22. The van der Waals surface area contributed by atoms with Gasteiger partial charge in [0.2, 0.25) is 0 Å². The van der Waals surface area contributed by atoms with Crippen LogP contribution in [0.2, 0.25) is 0 Å². The highest BCUT2D eigenvalue weighted by molar-refractivity contribution is 7.99. The van der Waals surface area contributed by atoms with Crippen LogP contribution in [0.25, 0.3) is 10.2 Å². The maximum Gasteiger partial charge on any atom is 0.282 e. The number of fused-ring (bicyclic) bond motifs is 3. The van der Waals surface area contributed by atoms with Crippen molar-refractivity contribution in [1.29, 1.82) is 0 Å². The molecule has 3 aromatic rings. The third-order valence-electron chi connectivity index (χ3n) is 5.39. The van der Waals surface area contributed by atoms with Gasteiger partial charge in [-0.1, -0.05) is 17.8 Å². The van der Waals surface area contributed by atoms with Crippen LogP contribution < -0.4 is 15.0 Å². The van der Waals surface area contributed by atoms with E-state index in [1.165, 1.54) is 29.3 Å². The van der Waals surface area contributed by atoms with Crippen molar-refractivity contribution in [3.63, 3.8) is 0 Å². The number of ketones is 1. The molecule has 1 aromatic carbocycles. The molecule has 0 unspecified atom stereocenters. The third-order valence-corrected chi connectivity index (χ3v) is 7.68. The topological polar surface area (TPSA) is 70.4 Å². The Hall–Kier alpha value is -2.58. The average molecular weight is 457 g/mol. The molecule has 4 rings (SSSR count). The van der Waals surface area contributed by atoms with Gasteiger partial charge in [-0.2, -0.15) is 4.98 Å². The second-order valence-corrected chi connectivity index (χ2v) is 9.30. The molecule has 8 heteroatoms. The Morgan fingerprint density at radius 3 is 2.77 bits per heavy atom. The minimum atomic E-state index is -0.198. The zero-order chi connectivity index (χ0) is 22.0. The van der Waals surface area contributed by atoms with Crippen LogP contribution in [-0.4, -0.2) is 35.3 Å². The average Bonchev–Trinajstić information content (AvgIpc) is 3.19. The van der Waals surface area contributed by atoms with Crippen LogP contribution in [0, 0.1) is 0 Å². The number of rotatable bonds is 8. The highest BCUT2D eigenvalue weighted by Crippen LogP contribution is 2.36. The van der Waals surface area contributed by atoms with E-state index in [0.717, 1.165) is 35.9 Å². The number of thioether (sulfide) groups is 1. The maximum absolute atomic E-state index is 12.9. The Balaban J connectivity index is 1.65. The molecule has 0 spiro atoms. The lowest BCUT2D eigenvalue weighted by atomic mass is 9.97. The van der Waals surface area contributed by atoms with Gasteiger partial charge < -0.3 is 14.0 Å². The highest BCUT2D eigenvalue weighted by atomic mass is 32.2. The fourth-order valence-corrected chi connectivity index (χ4v) is 6.22. The molecule has 31 heavy (non-hydrogen) atoms. The van der Waals surface area contributed by atoms with E-state index in [4.69, 9.17) is 9.47 Å². The number of allylic oxidation sites excluding steroid dienone is 1. The van der Waals surface area contributed by atoms with Gasteiger partial charge in [-0.25, -0.2) is 0 Å². The number of hydrogen-bond donors (Lipinski definition) is 0. The number of Topliss-reactive ketones (excluding diaryl/α,β-unsaturated/α-hetero) is 1. The van der Waals surface area contributed by atoms with Crippen LogP contribution in [0.15, 0.2) is 40.8 Å². The first-order chi connectivity index (χ1) is 15.1. The minimum Gasteiger partial charge on any atom is -0.493 e. The molecule has 6 nitrogen and oxygen atoms in total. The van der Waals surface area contributed by atoms with Crippen LogP contribution in [0.3, 0.4) is 0 Å². The van der Waals surface area contributed by atoms with E-state index < -0.39 is 0 Å². The SMILES string of the molecule is C=CCn1c(SCC(=O)c2ccc(OC)c(OC)c2)nc(=O)c2c3c(sc21)CCCC3. The molecule has 0 saturated carbocycles. The smallest absolute Gasteiger partial charge is 0.282 e. The Morgan fingerprint density at radius 2 is 2.03 bits per heavy atom. The van der Waals surface area contributed by atoms with Crippen molar-refractivity contribution in [1.82, 2.24) is 9.55 Å². The molecule has 1 aliphatic rings. The molecule has 162 valence electrons. The number of thiophene rings is 1. The summed E-state index contributed by atoms with van der Waals surface area (Å²) in [6, 6.07) is 5.10. The monoisotopic (exact) mass is 456 g/mol. The van der Waals surface area contributed by atoms with Crippen molar-refractivity contribution < 1.29 is 14.3 Å². The van der Waals surface area contributed by atoms with Gasteiger partial charge in [0.1, 0.15) is 4.83 Å². The van der Waals surface area contributed by atoms with Gasteiger partial charge in [-0.3, -0.25) is 9.59 Å². The minimum absolute atomic E-state index is 0.0732. The summed E-state index contributed by atoms with van der Waals surface area (Å²) in [6.07, 6.45) is 6.01. The van der Waals surface area contributed by atoms with E-state index in [0.29, 0.717) is 28.8 Å². The lowest BCUT2D eigenvalue weighted by molar-refractivity contribution is 0.102. The normalized spacial score (nSPS) is 13.1. The first-order valence-electron chi connectivity index (χ1n) is 10.1. The zero-order valence-corrected chi connectivity index (χ0v) is 19.2. The Kier molecular flexibility index (Phi) is 6.48. The van der Waals surface area contributed by atoms with Gasteiger partial charge in [0.05, 0.1) is 25.4 Å². The second kappa shape index (κ2) is 9.28. The van der Waals surface area contributed by atoms with Crippen LogP contribution in [0.5, 0.6) is 11.5 Å². The molecular formula is C23H24N2O4S2. The molecule has 0 saturated heterocycles. The fraction of sp³-hybridized carbons (Fsp3) is 0.348. The number of hydrogen-bond acceptors (Lipinski definition) is 7. The van der Waals surface area contributed by atoms with E-state index >= 15 is 0 Å². The fourth-order valence-electron chi connectivity index (χ4n) is 3.88. The summed E-state index contributed by atoms with van der Waals surface area (Å²) < 4.78 is 12.5. The summed E-state index contributed by atoms with van der Waals surface area (Å²) in [5.74, 6) is 1.16. The molecular weight excluding hydrogens is 432 g/mol. The molecule has 2 aromatic heterocycles. The van der Waals surface area contributed by atoms with Crippen molar-refractivity contribution in [3.05, 3.63) is 57.2 Å². The number of aryl methyl sites for hydroxylation is 2. The molecule has 0 aliphatic heterocycles. The Morgan fingerprint density at radius 1 is 1.26 bits per heavy atom. The molecule has 0 amide bonds. The Labute approximate surface area is 188 Å². The molecule has 0 fully saturated rings. The number of methoxy groups -OCH3 is 2.